The number of hydrogen-bond acceptors (Lipinski definition) is 7. The van der Waals surface area contributed by atoms with Crippen molar-refractivity contribution >= 4 is 29.5 Å². The molecular weight excluding hydrogens is 562 g/mol. The van der Waals surface area contributed by atoms with Gasteiger partial charge in [0.2, 0.25) is 11.8 Å². The van der Waals surface area contributed by atoms with Gasteiger partial charge in [-0.2, -0.15) is 0 Å². The van der Waals surface area contributed by atoms with Crippen molar-refractivity contribution in [2.24, 2.45) is 0 Å². The molecule has 1 aromatic carbocycles. The van der Waals surface area contributed by atoms with Crippen LogP contribution in [0.5, 0.6) is 0 Å². The lowest BCUT2D eigenvalue weighted by atomic mass is 9.87. The van der Waals surface area contributed by atoms with Gasteiger partial charge in [0, 0.05) is 12.5 Å². The molecule has 4 rings (SSSR count). The van der Waals surface area contributed by atoms with E-state index >= 15 is 0 Å². The summed E-state index contributed by atoms with van der Waals surface area (Å²) in [5.41, 5.74) is -0.0558. The van der Waals surface area contributed by atoms with Crippen LogP contribution in [0.3, 0.4) is 0 Å². The Labute approximate surface area is 246 Å². The maximum atomic E-state index is 13.8. The number of ketones is 1. The van der Waals surface area contributed by atoms with Gasteiger partial charge < -0.3 is 20.8 Å². The standard InChI is InChI=1S/C29H35N5O9/c1-17(35)21(15-26(39)40)31-27(41)23-14-19-9-5-6-10-22(19)33-28(42)32(29(43)34(23)33)16-20(11-12-25(37)38)30-24(36)13-18-7-3-2-4-8-18/h2-4,7-8,14,20-23H,5-6,9-13,15-16H2,1H3,(H,30,36)(H,31,41)(H,37,38)(H,39,40)/t20-,21-,22-,23-/m0/s1. The third-order valence-electron chi connectivity index (χ3n) is 7.77. The van der Waals surface area contributed by atoms with Crippen molar-refractivity contribution < 1.29 is 34.2 Å². The number of hydrogen-bond donors (Lipinski definition) is 4. The summed E-state index contributed by atoms with van der Waals surface area (Å²) in [4.78, 5) is 88.4. The van der Waals surface area contributed by atoms with Crippen LogP contribution in [0.25, 0.3) is 0 Å². The third kappa shape index (κ3) is 7.37. The van der Waals surface area contributed by atoms with Crippen LogP contribution in [0.1, 0.15) is 69.5 Å². The fraction of sp³-hybridized carbons (Fsp3) is 0.483. The van der Waals surface area contributed by atoms with Gasteiger partial charge in [-0.1, -0.05) is 36.8 Å². The van der Waals surface area contributed by atoms with Crippen molar-refractivity contribution in [3.8, 4) is 0 Å². The van der Waals surface area contributed by atoms with Gasteiger partial charge in [0.15, 0.2) is 11.8 Å². The molecular formula is C29H35N5O9. The highest BCUT2D eigenvalue weighted by Crippen LogP contribution is 2.37. The zero-order valence-electron chi connectivity index (χ0n) is 23.7. The molecule has 0 bridgehead atoms. The fourth-order valence-corrected chi connectivity index (χ4v) is 5.67. The van der Waals surface area contributed by atoms with E-state index in [2.05, 4.69) is 10.6 Å². The van der Waals surface area contributed by atoms with Crippen molar-refractivity contribution in [2.75, 3.05) is 0 Å². The molecule has 14 heteroatoms. The largest absolute Gasteiger partial charge is 0.481 e. The Morgan fingerprint density at radius 3 is 2.30 bits per heavy atom. The Morgan fingerprint density at radius 2 is 1.65 bits per heavy atom. The van der Waals surface area contributed by atoms with Gasteiger partial charge in [-0.15, -0.1) is 0 Å². The number of carboxylic acids is 2. The first kappa shape index (κ1) is 31.2. The molecule has 2 heterocycles. The highest BCUT2D eigenvalue weighted by molar-refractivity contribution is 5.92. The van der Waals surface area contributed by atoms with Gasteiger partial charge in [0.1, 0.15) is 0 Å². The van der Waals surface area contributed by atoms with Gasteiger partial charge >= 0.3 is 23.3 Å². The number of fused-ring (bicyclic) bond motifs is 3. The smallest absolute Gasteiger partial charge is 0.348 e. The molecule has 230 valence electrons. The number of carbonyl (C=O) groups is 5. The topological polar surface area (TPSA) is 199 Å². The molecule has 14 nitrogen and oxygen atoms in total. The van der Waals surface area contributed by atoms with E-state index in [9.17, 15) is 43.8 Å². The van der Waals surface area contributed by atoms with E-state index in [0.717, 1.165) is 40.2 Å². The van der Waals surface area contributed by atoms with E-state index in [1.54, 1.807) is 36.4 Å². The van der Waals surface area contributed by atoms with E-state index in [0.29, 0.717) is 12.8 Å². The van der Waals surface area contributed by atoms with Crippen LogP contribution in [0.2, 0.25) is 0 Å². The Bertz CT molecular complexity index is 1550. The molecule has 1 aromatic heterocycles. The first-order valence-corrected chi connectivity index (χ1v) is 14.2. The number of aliphatic carboxylic acids is 2. The minimum Gasteiger partial charge on any atom is -0.481 e. The predicted octanol–water partition coefficient (Wildman–Crippen LogP) is 0.549. The molecule has 1 aliphatic carbocycles. The Balaban J connectivity index is 1.67. The molecule has 4 N–H and O–H groups in total. The lowest BCUT2D eigenvalue weighted by molar-refractivity contribution is -0.140. The average molecular weight is 598 g/mol. The second-order valence-corrected chi connectivity index (χ2v) is 10.9. The molecule has 0 radical (unpaired) electrons. The molecule has 43 heavy (non-hydrogen) atoms. The molecule has 2 aromatic rings. The van der Waals surface area contributed by atoms with E-state index in [4.69, 9.17) is 0 Å². The summed E-state index contributed by atoms with van der Waals surface area (Å²) < 4.78 is 3.12. The summed E-state index contributed by atoms with van der Waals surface area (Å²) in [6.45, 7) is 0.816. The van der Waals surface area contributed by atoms with Crippen molar-refractivity contribution in [1.29, 1.82) is 0 Å². The number of aromatic nitrogens is 3. The van der Waals surface area contributed by atoms with Crippen LogP contribution < -0.4 is 22.0 Å². The van der Waals surface area contributed by atoms with Gasteiger partial charge in [-0.3, -0.25) is 24.0 Å². The van der Waals surface area contributed by atoms with E-state index < -0.39 is 71.5 Å². The van der Waals surface area contributed by atoms with Crippen molar-refractivity contribution in [3.63, 3.8) is 0 Å². The lowest BCUT2D eigenvalue weighted by Crippen LogP contribution is -2.48. The Kier molecular flexibility index (Phi) is 9.78. The number of Topliss-reactive ketones (excluding diaryl/α,β-unsaturated/α-hetero) is 1. The minimum atomic E-state index is -1.33. The summed E-state index contributed by atoms with van der Waals surface area (Å²) >= 11 is 0. The lowest BCUT2D eigenvalue weighted by Gasteiger charge is -2.34. The molecule has 0 saturated heterocycles. The normalized spacial score (nSPS) is 18.8. The maximum Gasteiger partial charge on any atom is 0.348 e. The first-order chi connectivity index (χ1) is 20.5. The van der Waals surface area contributed by atoms with Crippen LogP contribution in [0, 0.1) is 0 Å². The third-order valence-corrected chi connectivity index (χ3v) is 7.77. The van der Waals surface area contributed by atoms with Crippen molar-refractivity contribution in [2.45, 2.75) is 89.0 Å². The van der Waals surface area contributed by atoms with Gasteiger partial charge in [0.05, 0.1) is 31.5 Å². The molecule has 1 aliphatic heterocycles. The monoisotopic (exact) mass is 597 g/mol. The van der Waals surface area contributed by atoms with Gasteiger partial charge in [-0.25, -0.2) is 23.5 Å². The number of amides is 2. The van der Waals surface area contributed by atoms with Gasteiger partial charge in [-0.05, 0) is 49.8 Å². The highest BCUT2D eigenvalue weighted by Gasteiger charge is 2.38. The number of nitrogens with one attached hydrogen (secondary N) is 2. The average Bonchev–Trinajstić information content (AvgIpc) is 3.20. The number of carboxylic acid groups (broad SMARTS) is 2. The molecule has 2 amide bonds. The number of rotatable bonds is 13. The van der Waals surface area contributed by atoms with E-state index in [-0.39, 0.29) is 25.8 Å². The van der Waals surface area contributed by atoms with E-state index in [1.165, 1.54) is 4.68 Å². The molecule has 4 atom stereocenters. The second kappa shape index (κ2) is 13.5. The first-order valence-electron chi connectivity index (χ1n) is 14.2. The Hall–Kier alpha value is -4.75. The quantitative estimate of drug-likeness (QED) is 0.238. The number of carbonyl (C=O) groups excluding carboxylic acids is 3. The van der Waals surface area contributed by atoms with Crippen LogP contribution in [-0.4, -0.2) is 65.8 Å². The number of allylic oxidation sites excluding steroid dienone is 1. The van der Waals surface area contributed by atoms with E-state index in [1.807, 2.05) is 0 Å². The molecule has 1 saturated carbocycles. The zero-order chi connectivity index (χ0) is 31.3. The minimum absolute atomic E-state index is 0.00973. The summed E-state index contributed by atoms with van der Waals surface area (Å²) in [6, 6.07) is 4.86. The molecule has 1 fully saturated rings. The second-order valence-electron chi connectivity index (χ2n) is 10.9. The molecule has 0 spiro atoms. The maximum absolute atomic E-state index is 13.8. The summed E-state index contributed by atoms with van der Waals surface area (Å²) in [5, 5.41) is 23.6. The number of nitrogens with zero attached hydrogens (tertiary/aromatic N) is 3. The van der Waals surface area contributed by atoms with Gasteiger partial charge in [0.25, 0.3) is 0 Å². The van der Waals surface area contributed by atoms with Crippen molar-refractivity contribution in [1.82, 2.24) is 24.6 Å². The van der Waals surface area contributed by atoms with Crippen LogP contribution >= 0.6 is 0 Å². The highest BCUT2D eigenvalue weighted by atomic mass is 16.4. The summed E-state index contributed by atoms with van der Waals surface area (Å²) in [7, 11) is 0. The SMILES string of the molecule is CC(=O)[C@H](CC(=O)O)NC(=O)[C@@H]1C=C2CCCC[C@@H]2n2c(=O)n(C[C@H](CCC(=O)O)NC(=O)Cc3ccccc3)c(=O)n21. The Morgan fingerprint density at radius 1 is 0.953 bits per heavy atom. The predicted molar refractivity (Wildman–Crippen MR) is 151 cm³/mol. The van der Waals surface area contributed by atoms with Crippen LogP contribution in [-0.2, 0) is 36.9 Å². The van der Waals surface area contributed by atoms with Crippen molar-refractivity contribution in [3.05, 3.63) is 68.5 Å². The van der Waals surface area contributed by atoms with Crippen LogP contribution in [0.4, 0.5) is 0 Å². The molecule has 0 unspecified atom stereocenters. The summed E-state index contributed by atoms with van der Waals surface area (Å²) in [6.07, 6.45) is 3.31. The number of benzene rings is 1. The van der Waals surface area contributed by atoms with Crippen LogP contribution in [0.15, 0.2) is 51.6 Å². The summed E-state index contributed by atoms with van der Waals surface area (Å²) in [5.74, 6) is -4.22. The molecule has 2 aliphatic rings. The fourth-order valence-electron chi connectivity index (χ4n) is 5.67. The zero-order valence-corrected chi connectivity index (χ0v) is 23.7.